The van der Waals surface area contributed by atoms with Gasteiger partial charge in [-0.05, 0) is 26.8 Å². The van der Waals surface area contributed by atoms with Crippen LogP contribution in [0.3, 0.4) is 0 Å². The molecule has 1 atom stereocenters. The average Bonchev–Trinajstić information content (AvgIpc) is 2.96. The number of rotatable bonds is 3. The molecule has 0 amide bonds. The number of hydrogen-bond donors (Lipinski definition) is 0. The van der Waals surface area contributed by atoms with Crippen LogP contribution < -0.4 is 0 Å². The van der Waals surface area contributed by atoms with Crippen molar-refractivity contribution in [1.82, 2.24) is 4.98 Å². The predicted octanol–water partition coefficient (Wildman–Crippen LogP) is 4.84. The minimum absolute atomic E-state index is 0.0955. The summed E-state index contributed by atoms with van der Waals surface area (Å²) in [6.07, 6.45) is -4.25. The van der Waals surface area contributed by atoms with E-state index < -0.39 is 29.2 Å². The third-order valence-electron chi connectivity index (χ3n) is 3.10. The predicted molar refractivity (Wildman–Crippen MR) is 80.9 cm³/mol. The largest absolute Gasteiger partial charge is 0.451 e. The first-order valence-corrected chi connectivity index (χ1v) is 7.74. The van der Waals surface area contributed by atoms with Gasteiger partial charge in [-0.15, -0.1) is 11.3 Å². The summed E-state index contributed by atoms with van der Waals surface area (Å²) in [5, 5.41) is 0. The molecule has 0 radical (unpaired) electrons. The molecule has 0 saturated carbocycles. The van der Waals surface area contributed by atoms with Gasteiger partial charge < -0.3 is 4.74 Å². The number of halogens is 3. The molecule has 0 spiro atoms. The smallest absolute Gasteiger partial charge is 0.416 e. The maximum Gasteiger partial charge on any atom is 0.416 e. The van der Waals surface area contributed by atoms with Crippen LogP contribution in [-0.2, 0) is 15.7 Å². The number of nitrogens with zero attached hydrogens (tertiary/aromatic N) is 1. The summed E-state index contributed by atoms with van der Waals surface area (Å²) in [7, 11) is 0. The van der Waals surface area contributed by atoms with Gasteiger partial charge in [0.2, 0.25) is 0 Å². The molecule has 1 aromatic heterocycles. The van der Waals surface area contributed by atoms with Crippen LogP contribution in [-0.4, -0.2) is 11.0 Å². The fourth-order valence-electron chi connectivity index (χ4n) is 1.90. The topological polar surface area (TPSA) is 39.2 Å². The Bertz CT molecular complexity index is 675. The number of ether oxygens (including phenoxy) is 1. The van der Waals surface area contributed by atoms with Gasteiger partial charge in [0.25, 0.3) is 0 Å². The van der Waals surface area contributed by atoms with Crippen LogP contribution in [0.1, 0.15) is 42.9 Å². The molecule has 0 N–H and O–H groups in total. The average molecular weight is 343 g/mol. The van der Waals surface area contributed by atoms with E-state index in [0.717, 1.165) is 17.4 Å². The van der Waals surface area contributed by atoms with Crippen molar-refractivity contribution in [3.8, 4) is 0 Å². The Balaban J connectivity index is 2.50. The second-order valence-corrected chi connectivity index (χ2v) is 6.94. The van der Waals surface area contributed by atoms with Gasteiger partial charge in [-0.2, -0.15) is 13.2 Å². The van der Waals surface area contributed by atoms with E-state index in [1.165, 1.54) is 29.9 Å². The highest BCUT2D eigenvalue weighted by atomic mass is 32.1. The van der Waals surface area contributed by atoms with E-state index in [1.54, 1.807) is 20.8 Å². The van der Waals surface area contributed by atoms with Crippen LogP contribution in [0.25, 0.3) is 0 Å². The summed E-state index contributed by atoms with van der Waals surface area (Å²) in [6.45, 7) is 4.94. The van der Waals surface area contributed by atoms with Crippen molar-refractivity contribution in [1.29, 1.82) is 0 Å². The van der Waals surface area contributed by atoms with Crippen LogP contribution in [0.4, 0.5) is 13.2 Å². The van der Waals surface area contributed by atoms with E-state index in [2.05, 4.69) is 4.98 Å². The van der Waals surface area contributed by atoms with Gasteiger partial charge in [-0.3, -0.25) is 9.78 Å². The molecule has 1 unspecified atom stereocenters. The lowest BCUT2D eigenvalue weighted by molar-refractivity contribution is -0.158. The Morgan fingerprint density at radius 2 is 1.87 bits per heavy atom. The molecule has 0 aliphatic rings. The first kappa shape index (κ1) is 17.5. The number of esters is 1. The number of hydrogen-bond acceptors (Lipinski definition) is 4. The Hall–Kier alpha value is -1.89. The van der Waals surface area contributed by atoms with Gasteiger partial charge in [0, 0.05) is 11.8 Å². The van der Waals surface area contributed by atoms with E-state index >= 15 is 0 Å². The number of carbonyl (C=O) groups is 1. The highest BCUT2D eigenvalue weighted by Crippen LogP contribution is 2.39. The molecule has 2 aromatic rings. The zero-order valence-corrected chi connectivity index (χ0v) is 13.7. The fourth-order valence-corrected chi connectivity index (χ4v) is 2.56. The van der Waals surface area contributed by atoms with E-state index in [4.69, 9.17) is 4.74 Å². The normalized spacial score (nSPS) is 13.7. The minimum atomic E-state index is -4.53. The van der Waals surface area contributed by atoms with Crippen molar-refractivity contribution in [2.24, 2.45) is 5.41 Å². The Kier molecular flexibility index (Phi) is 4.79. The summed E-state index contributed by atoms with van der Waals surface area (Å²) < 4.78 is 45.2. The molecule has 1 aromatic carbocycles. The molecule has 0 aliphatic carbocycles. The van der Waals surface area contributed by atoms with E-state index in [0.29, 0.717) is 4.88 Å². The number of alkyl halides is 3. The van der Waals surface area contributed by atoms with Crippen LogP contribution in [0.2, 0.25) is 0 Å². The second kappa shape index (κ2) is 6.31. The number of carbonyl (C=O) groups excluding carboxylic acids is 1. The highest BCUT2D eigenvalue weighted by molar-refractivity contribution is 7.09. The van der Waals surface area contributed by atoms with Crippen LogP contribution in [0, 0.1) is 5.41 Å². The summed E-state index contributed by atoms with van der Waals surface area (Å²) in [6, 6.07) is 5.10. The summed E-state index contributed by atoms with van der Waals surface area (Å²) in [4.78, 5) is 16.5. The summed E-state index contributed by atoms with van der Waals surface area (Å²) >= 11 is 1.14. The van der Waals surface area contributed by atoms with Crippen LogP contribution in [0.5, 0.6) is 0 Å². The number of thiazole rings is 1. The van der Waals surface area contributed by atoms with Crippen molar-refractivity contribution in [3.05, 3.63) is 52.0 Å². The molecule has 0 saturated heterocycles. The van der Waals surface area contributed by atoms with E-state index in [9.17, 15) is 18.0 Å². The zero-order chi connectivity index (χ0) is 17.3. The number of benzene rings is 1. The van der Waals surface area contributed by atoms with Crippen molar-refractivity contribution in [2.45, 2.75) is 33.1 Å². The van der Waals surface area contributed by atoms with Gasteiger partial charge in [-0.1, -0.05) is 18.2 Å². The quantitative estimate of drug-likeness (QED) is 0.749. The molecular weight excluding hydrogens is 327 g/mol. The standard InChI is InChI=1S/C16H16F3NO2S/c1-15(2,3)14(21)22-13(12-8-20-9-23-12)10-6-4-5-7-11(10)16(17,18)19/h4-9,13H,1-3H3. The molecule has 0 fully saturated rings. The van der Waals surface area contributed by atoms with Crippen LogP contribution in [0.15, 0.2) is 36.0 Å². The highest BCUT2D eigenvalue weighted by Gasteiger charge is 2.38. The van der Waals surface area contributed by atoms with E-state index in [1.807, 2.05) is 0 Å². The fraction of sp³-hybridized carbons (Fsp3) is 0.375. The maximum absolute atomic E-state index is 13.3. The van der Waals surface area contributed by atoms with Gasteiger partial charge in [-0.25, -0.2) is 0 Å². The first-order chi connectivity index (χ1) is 10.6. The van der Waals surface area contributed by atoms with E-state index in [-0.39, 0.29) is 5.56 Å². The van der Waals surface area contributed by atoms with Crippen molar-refractivity contribution < 1.29 is 22.7 Å². The van der Waals surface area contributed by atoms with Gasteiger partial charge in [0.1, 0.15) is 0 Å². The van der Waals surface area contributed by atoms with Crippen molar-refractivity contribution >= 4 is 17.3 Å². The summed E-state index contributed by atoms with van der Waals surface area (Å²) in [5.41, 5.74) is -0.249. The van der Waals surface area contributed by atoms with Gasteiger partial charge >= 0.3 is 12.1 Å². The molecule has 124 valence electrons. The maximum atomic E-state index is 13.3. The lowest BCUT2D eigenvalue weighted by atomic mass is 9.96. The molecule has 7 heteroatoms. The van der Waals surface area contributed by atoms with Crippen molar-refractivity contribution in [2.75, 3.05) is 0 Å². The second-order valence-electron chi connectivity index (χ2n) is 6.02. The Morgan fingerprint density at radius 1 is 1.22 bits per heavy atom. The lowest BCUT2D eigenvalue weighted by Gasteiger charge is -2.25. The van der Waals surface area contributed by atoms with Crippen molar-refractivity contribution in [3.63, 3.8) is 0 Å². The molecule has 0 bridgehead atoms. The lowest BCUT2D eigenvalue weighted by Crippen LogP contribution is -2.26. The SMILES string of the molecule is CC(C)(C)C(=O)OC(c1cncs1)c1ccccc1C(F)(F)F. The summed E-state index contributed by atoms with van der Waals surface area (Å²) in [5.74, 6) is -0.576. The third-order valence-corrected chi connectivity index (χ3v) is 3.91. The molecule has 1 heterocycles. The van der Waals surface area contributed by atoms with Gasteiger partial charge in [0.15, 0.2) is 6.10 Å². The monoisotopic (exact) mass is 343 g/mol. The molecular formula is C16H16F3NO2S. The number of aromatic nitrogens is 1. The molecule has 0 aliphatic heterocycles. The third kappa shape index (κ3) is 4.10. The minimum Gasteiger partial charge on any atom is -0.451 e. The molecule has 3 nitrogen and oxygen atoms in total. The molecule has 2 rings (SSSR count). The zero-order valence-electron chi connectivity index (χ0n) is 12.8. The Morgan fingerprint density at radius 3 is 2.39 bits per heavy atom. The first-order valence-electron chi connectivity index (χ1n) is 6.86. The molecule has 23 heavy (non-hydrogen) atoms. The van der Waals surface area contributed by atoms with Crippen LogP contribution >= 0.6 is 11.3 Å². The van der Waals surface area contributed by atoms with Gasteiger partial charge in [0.05, 0.1) is 21.4 Å². The Labute approximate surface area is 136 Å².